The monoisotopic (exact) mass is 334 g/mol. The Morgan fingerprint density at radius 2 is 2.04 bits per heavy atom. The van der Waals surface area contributed by atoms with E-state index in [2.05, 4.69) is 10.6 Å². The highest BCUT2D eigenvalue weighted by molar-refractivity contribution is 5.98. The van der Waals surface area contributed by atoms with Crippen LogP contribution in [0.3, 0.4) is 0 Å². The molecule has 1 aliphatic rings. The number of ether oxygens (including phenoxy) is 2. The SMILES string of the molecule is CC(C)(C)NC(=O)CNC(=O)c1ccccc1OCC1CCCO1. The predicted octanol–water partition coefficient (Wildman–Crippen LogP) is 1.89. The van der Waals surface area contributed by atoms with Crippen LogP contribution in [0.15, 0.2) is 24.3 Å². The molecule has 24 heavy (non-hydrogen) atoms. The topological polar surface area (TPSA) is 76.7 Å². The fourth-order valence-corrected chi connectivity index (χ4v) is 2.46. The molecule has 0 spiro atoms. The first-order valence-electron chi connectivity index (χ1n) is 8.28. The van der Waals surface area contributed by atoms with Gasteiger partial charge >= 0.3 is 0 Å². The highest BCUT2D eigenvalue weighted by Gasteiger charge is 2.19. The Balaban J connectivity index is 1.90. The molecule has 6 nitrogen and oxygen atoms in total. The van der Waals surface area contributed by atoms with Gasteiger partial charge in [0.1, 0.15) is 12.4 Å². The predicted molar refractivity (Wildman–Crippen MR) is 91.1 cm³/mol. The lowest BCUT2D eigenvalue weighted by Crippen LogP contribution is -2.45. The number of rotatable bonds is 6. The smallest absolute Gasteiger partial charge is 0.255 e. The first kappa shape index (κ1) is 18.3. The lowest BCUT2D eigenvalue weighted by molar-refractivity contribution is -0.121. The van der Waals surface area contributed by atoms with E-state index in [1.165, 1.54) is 0 Å². The van der Waals surface area contributed by atoms with Crippen molar-refractivity contribution < 1.29 is 19.1 Å². The van der Waals surface area contributed by atoms with Gasteiger partial charge in [-0.15, -0.1) is 0 Å². The molecular weight excluding hydrogens is 308 g/mol. The first-order chi connectivity index (χ1) is 11.3. The zero-order chi connectivity index (χ0) is 17.6. The zero-order valence-electron chi connectivity index (χ0n) is 14.6. The molecule has 2 amide bonds. The molecule has 2 rings (SSSR count). The van der Waals surface area contributed by atoms with Crippen molar-refractivity contribution in [1.29, 1.82) is 0 Å². The number of hydrogen-bond donors (Lipinski definition) is 2. The summed E-state index contributed by atoms with van der Waals surface area (Å²) in [4.78, 5) is 24.1. The maximum Gasteiger partial charge on any atom is 0.255 e. The van der Waals surface area contributed by atoms with E-state index in [-0.39, 0.29) is 30.0 Å². The van der Waals surface area contributed by atoms with Crippen LogP contribution in [0.4, 0.5) is 0 Å². The molecule has 6 heteroatoms. The maximum atomic E-state index is 12.3. The van der Waals surface area contributed by atoms with Crippen molar-refractivity contribution in [3.8, 4) is 5.75 Å². The van der Waals surface area contributed by atoms with Gasteiger partial charge in [0.25, 0.3) is 5.91 Å². The van der Waals surface area contributed by atoms with Gasteiger partial charge in [-0.1, -0.05) is 12.1 Å². The fraction of sp³-hybridized carbons (Fsp3) is 0.556. The maximum absolute atomic E-state index is 12.3. The number of hydrogen-bond acceptors (Lipinski definition) is 4. The van der Waals surface area contributed by atoms with Crippen LogP contribution in [0.5, 0.6) is 5.75 Å². The summed E-state index contributed by atoms with van der Waals surface area (Å²) in [6, 6.07) is 7.01. The molecule has 0 radical (unpaired) electrons. The normalized spacial score (nSPS) is 17.4. The van der Waals surface area contributed by atoms with Crippen LogP contribution in [-0.2, 0) is 9.53 Å². The molecule has 1 unspecified atom stereocenters. The van der Waals surface area contributed by atoms with E-state index in [9.17, 15) is 9.59 Å². The summed E-state index contributed by atoms with van der Waals surface area (Å²) in [7, 11) is 0. The molecule has 1 aromatic carbocycles. The third-order valence-electron chi connectivity index (χ3n) is 3.50. The largest absolute Gasteiger partial charge is 0.490 e. The molecule has 1 atom stereocenters. The molecule has 1 saturated heterocycles. The second-order valence-corrected chi connectivity index (χ2v) is 6.92. The lowest BCUT2D eigenvalue weighted by Gasteiger charge is -2.20. The molecular formula is C18H26N2O4. The summed E-state index contributed by atoms with van der Waals surface area (Å²) in [6.45, 7) is 6.78. The third kappa shape index (κ3) is 5.85. The number of nitrogens with one attached hydrogen (secondary N) is 2. The summed E-state index contributed by atoms with van der Waals surface area (Å²) in [6.07, 6.45) is 2.10. The van der Waals surface area contributed by atoms with Crippen molar-refractivity contribution in [1.82, 2.24) is 10.6 Å². The fourth-order valence-electron chi connectivity index (χ4n) is 2.46. The van der Waals surface area contributed by atoms with Crippen molar-refractivity contribution in [2.45, 2.75) is 45.3 Å². The van der Waals surface area contributed by atoms with E-state index in [1.807, 2.05) is 26.8 Å². The van der Waals surface area contributed by atoms with Crippen LogP contribution in [0, 0.1) is 0 Å². The Labute approximate surface area is 142 Å². The molecule has 2 N–H and O–H groups in total. The van der Waals surface area contributed by atoms with Crippen molar-refractivity contribution in [3.63, 3.8) is 0 Å². The van der Waals surface area contributed by atoms with E-state index in [0.29, 0.717) is 17.9 Å². The molecule has 1 fully saturated rings. The van der Waals surface area contributed by atoms with Crippen LogP contribution < -0.4 is 15.4 Å². The summed E-state index contributed by atoms with van der Waals surface area (Å²) >= 11 is 0. The van der Waals surface area contributed by atoms with E-state index in [4.69, 9.17) is 9.47 Å². The van der Waals surface area contributed by atoms with E-state index >= 15 is 0 Å². The van der Waals surface area contributed by atoms with Gasteiger partial charge in [0, 0.05) is 12.1 Å². The van der Waals surface area contributed by atoms with Crippen LogP contribution >= 0.6 is 0 Å². The van der Waals surface area contributed by atoms with Crippen LogP contribution in [0.1, 0.15) is 44.0 Å². The molecule has 0 bridgehead atoms. The Bertz CT molecular complexity index is 575. The minimum absolute atomic E-state index is 0.0732. The van der Waals surface area contributed by atoms with Gasteiger partial charge < -0.3 is 20.1 Å². The second-order valence-electron chi connectivity index (χ2n) is 6.92. The minimum Gasteiger partial charge on any atom is -0.490 e. The highest BCUT2D eigenvalue weighted by atomic mass is 16.5. The van der Waals surface area contributed by atoms with Gasteiger partial charge in [0.05, 0.1) is 18.2 Å². The molecule has 1 heterocycles. The Morgan fingerprint density at radius 3 is 2.71 bits per heavy atom. The Morgan fingerprint density at radius 1 is 1.29 bits per heavy atom. The van der Waals surface area contributed by atoms with Gasteiger partial charge in [0.15, 0.2) is 0 Å². The van der Waals surface area contributed by atoms with Gasteiger partial charge in [-0.2, -0.15) is 0 Å². The van der Waals surface area contributed by atoms with E-state index in [1.54, 1.807) is 18.2 Å². The summed E-state index contributed by atoms with van der Waals surface area (Å²) in [5.41, 5.74) is 0.0865. The summed E-state index contributed by atoms with van der Waals surface area (Å²) in [5.74, 6) is -0.0580. The Hall–Kier alpha value is -2.08. The quantitative estimate of drug-likeness (QED) is 0.833. The molecule has 0 saturated carbocycles. The minimum atomic E-state index is -0.331. The van der Waals surface area contributed by atoms with Crippen molar-refractivity contribution in [3.05, 3.63) is 29.8 Å². The van der Waals surface area contributed by atoms with Gasteiger partial charge in [-0.05, 0) is 45.7 Å². The lowest BCUT2D eigenvalue weighted by atomic mass is 10.1. The van der Waals surface area contributed by atoms with Gasteiger partial charge in [-0.3, -0.25) is 9.59 Å². The van der Waals surface area contributed by atoms with Gasteiger partial charge in [0.2, 0.25) is 5.91 Å². The number of carbonyl (C=O) groups excluding carboxylic acids is 2. The standard InChI is InChI=1S/C18H26N2O4/c1-18(2,3)20-16(21)11-19-17(22)14-8-4-5-9-15(14)24-12-13-7-6-10-23-13/h4-5,8-9,13H,6-7,10-12H2,1-3H3,(H,19,22)(H,20,21). The van der Waals surface area contributed by atoms with Crippen LogP contribution in [0.2, 0.25) is 0 Å². The van der Waals surface area contributed by atoms with E-state index in [0.717, 1.165) is 19.4 Å². The average Bonchev–Trinajstić information content (AvgIpc) is 3.02. The molecule has 0 aromatic heterocycles. The first-order valence-corrected chi connectivity index (χ1v) is 8.28. The third-order valence-corrected chi connectivity index (χ3v) is 3.50. The zero-order valence-corrected chi connectivity index (χ0v) is 14.6. The average molecular weight is 334 g/mol. The summed E-state index contributed by atoms with van der Waals surface area (Å²) in [5, 5.41) is 5.43. The molecule has 0 aliphatic carbocycles. The number of carbonyl (C=O) groups is 2. The number of amides is 2. The van der Waals surface area contributed by atoms with Crippen molar-refractivity contribution >= 4 is 11.8 Å². The molecule has 1 aromatic rings. The Kier molecular flexibility index (Phi) is 6.20. The molecule has 132 valence electrons. The van der Waals surface area contributed by atoms with Gasteiger partial charge in [-0.25, -0.2) is 0 Å². The van der Waals surface area contributed by atoms with E-state index < -0.39 is 0 Å². The highest BCUT2D eigenvalue weighted by Crippen LogP contribution is 2.20. The molecule has 1 aliphatic heterocycles. The van der Waals surface area contributed by atoms with Crippen molar-refractivity contribution in [2.75, 3.05) is 19.8 Å². The summed E-state index contributed by atoms with van der Waals surface area (Å²) < 4.78 is 11.3. The number of benzene rings is 1. The van der Waals surface area contributed by atoms with Crippen LogP contribution in [-0.4, -0.2) is 43.2 Å². The second kappa shape index (κ2) is 8.15. The number of para-hydroxylation sites is 1. The van der Waals surface area contributed by atoms with Crippen LogP contribution in [0.25, 0.3) is 0 Å². The van der Waals surface area contributed by atoms with Crippen molar-refractivity contribution in [2.24, 2.45) is 0 Å².